The molecular weight excluding hydrogens is 256 g/mol. The summed E-state index contributed by atoms with van der Waals surface area (Å²) < 4.78 is 6.07. The van der Waals surface area contributed by atoms with Crippen LogP contribution in [0.15, 0.2) is 18.2 Å². The molecule has 1 spiro atoms. The Morgan fingerprint density at radius 3 is 2.65 bits per heavy atom. The maximum atomic E-state index is 10.8. The van der Waals surface area contributed by atoms with Gasteiger partial charge in [-0.25, -0.2) is 0 Å². The van der Waals surface area contributed by atoms with E-state index in [2.05, 4.69) is 0 Å². The standard InChI is InChI=1S/C15H20N2O3/c1-10-8-11(4-5-12(10)17(18)19)20-14-9-13(16)15(14)6-2-3-7-15/h4-5,8,13-14H,2-3,6-7,9,16H2,1H3. The highest BCUT2D eigenvalue weighted by Gasteiger charge is 2.56. The number of ether oxygens (including phenoxy) is 1. The second-order valence-corrected chi connectivity index (χ2v) is 6.09. The number of rotatable bonds is 3. The summed E-state index contributed by atoms with van der Waals surface area (Å²) in [4.78, 5) is 10.5. The summed E-state index contributed by atoms with van der Waals surface area (Å²) in [6.07, 6.45) is 5.80. The van der Waals surface area contributed by atoms with Gasteiger partial charge in [-0.3, -0.25) is 10.1 Å². The molecule has 1 aromatic rings. The van der Waals surface area contributed by atoms with Crippen molar-refractivity contribution in [1.82, 2.24) is 0 Å². The minimum atomic E-state index is -0.364. The van der Waals surface area contributed by atoms with Crippen molar-refractivity contribution in [3.8, 4) is 5.75 Å². The van der Waals surface area contributed by atoms with Crippen LogP contribution >= 0.6 is 0 Å². The van der Waals surface area contributed by atoms with E-state index in [0.717, 1.165) is 25.0 Å². The fourth-order valence-corrected chi connectivity index (χ4v) is 3.74. The van der Waals surface area contributed by atoms with Gasteiger partial charge in [-0.2, -0.15) is 0 Å². The molecule has 5 nitrogen and oxygen atoms in total. The van der Waals surface area contributed by atoms with E-state index < -0.39 is 0 Å². The van der Waals surface area contributed by atoms with Gasteiger partial charge in [0.2, 0.25) is 0 Å². The van der Waals surface area contributed by atoms with Crippen molar-refractivity contribution in [2.45, 2.75) is 51.2 Å². The first-order chi connectivity index (χ1) is 9.53. The number of nitrogens with two attached hydrogens (primary N) is 1. The number of nitro groups is 1. The summed E-state index contributed by atoms with van der Waals surface area (Å²) >= 11 is 0. The van der Waals surface area contributed by atoms with Crippen molar-refractivity contribution in [3.63, 3.8) is 0 Å². The molecule has 0 amide bonds. The van der Waals surface area contributed by atoms with Crippen LogP contribution in [0.1, 0.15) is 37.7 Å². The van der Waals surface area contributed by atoms with E-state index in [9.17, 15) is 10.1 Å². The average molecular weight is 276 g/mol. The highest BCUT2D eigenvalue weighted by Crippen LogP contribution is 2.53. The lowest BCUT2D eigenvalue weighted by Crippen LogP contribution is -2.62. The third kappa shape index (κ3) is 1.97. The maximum Gasteiger partial charge on any atom is 0.272 e. The van der Waals surface area contributed by atoms with Crippen molar-refractivity contribution in [2.75, 3.05) is 0 Å². The molecule has 0 radical (unpaired) electrons. The van der Waals surface area contributed by atoms with Crippen LogP contribution < -0.4 is 10.5 Å². The Balaban J connectivity index is 1.76. The van der Waals surface area contributed by atoms with Crippen LogP contribution in [-0.2, 0) is 0 Å². The zero-order chi connectivity index (χ0) is 14.3. The van der Waals surface area contributed by atoms with E-state index >= 15 is 0 Å². The molecule has 2 unspecified atom stereocenters. The third-order valence-electron chi connectivity index (χ3n) is 5.03. The second-order valence-electron chi connectivity index (χ2n) is 6.09. The molecule has 0 aromatic heterocycles. The molecule has 0 heterocycles. The Bertz CT molecular complexity index is 538. The fraction of sp³-hybridized carbons (Fsp3) is 0.600. The van der Waals surface area contributed by atoms with Gasteiger partial charge in [-0.05, 0) is 31.9 Å². The monoisotopic (exact) mass is 276 g/mol. The van der Waals surface area contributed by atoms with E-state index in [1.807, 2.05) is 0 Å². The molecule has 1 aromatic carbocycles. The second kappa shape index (κ2) is 4.74. The molecule has 0 bridgehead atoms. The largest absolute Gasteiger partial charge is 0.490 e. The average Bonchev–Trinajstić information content (AvgIpc) is 2.90. The summed E-state index contributed by atoms with van der Waals surface area (Å²) in [5, 5.41) is 10.8. The Hall–Kier alpha value is -1.62. The van der Waals surface area contributed by atoms with E-state index in [4.69, 9.17) is 10.5 Å². The summed E-state index contributed by atoms with van der Waals surface area (Å²) in [5.41, 5.74) is 7.11. The maximum absolute atomic E-state index is 10.8. The number of nitro benzene ring substituents is 1. The molecule has 5 heteroatoms. The molecule has 0 saturated heterocycles. The van der Waals surface area contributed by atoms with Gasteiger partial charge < -0.3 is 10.5 Å². The molecule has 3 rings (SSSR count). The van der Waals surface area contributed by atoms with Gasteiger partial charge in [0.05, 0.1) is 4.92 Å². The van der Waals surface area contributed by atoms with Crippen molar-refractivity contribution < 1.29 is 9.66 Å². The van der Waals surface area contributed by atoms with Gasteiger partial charge in [-0.15, -0.1) is 0 Å². The highest BCUT2D eigenvalue weighted by atomic mass is 16.6. The first-order valence-corrected chi connectivity index (χ1v) is 7.20. The van der Waals surface area contributed by atoms with Gasteiger partial charge in [0.15, 0.2) is 0 Å². The quantitative estimate of drug-likeness (QED) is 0.680. The first kappa shape index (κ1) is 13.4. The molecule has 2 atom stereocenters. The van der Waals surface area contributed by atoms with E-state index in [-0.39, 0.29) is 28.2 Å². The zero-order valence-corrected chi connectivity index (χ0v) is 11.7. The van der Waals surface area contributed by atoms with Crippen LogP contribution in [-0.4, -0.2) is 17.1 Å². The zero-order valence-electron chi connectivity index (χ0n) is 11.7. The van der Waals surface area contributed by atoms with Gasteiger partial charge in [-0.1, -0.05) is 12.8 Å². The Labute approximate surface area is 118 Å². The van der Waals surface area contributed by atoms with Crippen molar-refractivity contribution in [1.29, 1.82) is 0 Å². The lowest BCUT2D eigenvalue weighted by molar-refractivity contribution is -0.385. The number of nitrogens with zero attached hydrogens (tertiary/aromatic N) is 1. The summed E-state index contributed by atoms with van der Waals surface area (Å²) in [7, 11) is 0. The van der Waals surface area contributed by atoms with Crippen molar-refractivity contribution in [3.05, 3.63) is 33.9 Å². The van der Waals surface area contributed by atoms with Crippen LogP contribution in [0.3, 0.4) is 0 Å². The number of hydrogen-bond donors (Lipinski definition) is 1. The number of aryl methyl sites for hydroxylation is 1. The van der Waals surface area contributed by atoms with Crippen LogP contribution in [0.5, 0.6) is 5.75 Å². The van der Waals surface area contributed by atoms with Crippen molar-refractivity contribution in [2.24, 2.45) is 11.1 Å². The van der Waals surface area contributed by atoms with Crippen LogP contribution in [0.4, 0.5) is 5.69 Å². The third-order valence-corrected chi connectivity index (χ3v) is 5.03. The van der Waals surface area contributed by atoms with Crippen LogP contribution in [0.2, 0.25) is 0 Å². The number of benzene rings is 1. The van der Waals surface area contributed by atoms with Crippen molar-refractivity contribution >= 4 is 5.69 Å². The molecule has 0 aliphatic heterocycles. The lowest BCUT2D eigenvalue weighted by Gasteiger charge is -2.52. The topological polar surface area (TPSA) is 78.4 Å². The number of hydrogen-bond acceptors (Lipinski definition) is 4. The molecule has 2 aliphatic carbocycles. The van der Waals surface area contributed by atoms with Gasteiger partial charge in [0, 0.05) is 29.5 Å². The van der Waals surface area contributed by atoms with Crippen LogP contribution in [0.25, 0.3) is 0 Å². The molecule has 108 valence electrons. The van der Waals surface area contributed by atoms with E-state index in [1.165, 1.54) is 18.9 Å². The Morgan fingerprint density at radius 1 is 1.40 bits per heavy atom. The van der Waals surface area contributed by atoms with Crippen LogP contribution in [0, 0.1) is 22.5 Å². The predicted octanol–water partition coefficient (Wildman–Crippen LogP) is 2.94. The Morgan fingerprint density at radius 2 is 2.10 bits per heavy atom. The predicted molar refractivity (Wildman–Crippen MR) is 75.7 cm³/mol. The summed E-state index contributed by atoms with van der Waals surface area (Å²) in [6, 6.07) is 5.21. The molecule has 20 heavy (non-hydrogen) atoms. The van der Waals surface area contributed by atoms with Gasteiger partial charge >= 0.3 is 0 Å². The minimum absolute atomic E-state index is 0.137. The fourth-order valence-electron chi connectivity index (χ4n) is 3.74. The Kier molecular flexibility index (Phi) is 3.17. The molecule has 2 N–H and O–H groups in total. The molecular formula is C15H20N2O3. The molecule has 2 aliphatic rings. The minimum Gasteiger partial charge on any atom is -0.490 e. The SMILES string of the molecule is Cc1cc(OC2CC(N)C23CCCC3)ccc1[N+](=O)[O-]. The first-order valence-electron chi connectivity index (χ1n) is 7.20. The summed E-state index contributed by atoms with van der Waals surface area (Å²) in [5.74, 6) is 0.719. The smallest absolute Gasteiger partial charge is 0.272 e. The molecule has 2 saturated carbocycles. The van der Waals surface area contributed by atoms with Gasteiger partial charge in [0.25, 0.3) is 5.69 Å². The normalized spacial score (nSPS) is 27.3. The lowest BCUT2D eigenvalue weighted by atomic mass is 9.61. The summed E-state index contributed by atoms with van der Waals surface area (Å²) in [6.45, 7) is 1.74. The molecule has 2 fully saturated rings. The van der Waals surface area contributed by atoms with Gasteiger partial charge in [0.1, 0.15) is 11.9 Å². The van der Waals surface area contributed by atoms with E-state index in [0.29, 0.717) is 5.56 Å². The van der Waals surface area contributed by atoms with E-state index in [1.54, 1.807) is 19.1 Å². The highest BCUT2D eigenvalue weighted by molar-refractivity contribution is 5.44.